The molecule has 3 aromatic rings. The van der Waals surface area contributed by atoms with Crippen LogP contribution in [0, 0.1) is 10.1 Å². The van der Waals surface area contributed by atoms with Gasteiger partial charge in [0, 0.05) is 23.3 Å². The molecule has 2 aromatic carbocycles. The number of Topliss-reactive ketones (excluding diaryl/α,β-unsaturated/α-hetero) is 1. The number of thioether (sulfide) groups is 1. The topological polar surface area (TPSA) is 108 Å². The Kier molecular flexibility index (Phi) is 5.51. The summed E-state index contributed by atoms with van der Waals surface area (Å²) in [7, 11) is 1.56. The van der Waals surface area contributed by atoms with Crippen molar-refractivity contribution >= 4 is 23.2 Å². The molecule has 0 fully saturated rings. The smallest absolute Gasteiger partial charge is 0.277 e. The number of aromatic nitrogens is 2. The highest BCUT2D eigenvalue weighted by Gasteiger charge is 2.20. The molecule has 1 atom stereocenters. The molecule has 0 aliphatic heterocycles. The van der Waals surface area contributed by atoms with Gasteiger partial charge in [0.25, 0.3) is 10.9 Å². The Balaban J connectivity index is 1.72. The lowest BCUT2D eigenvalue weighted by Gasteiger charge is -2.08. The number of hydrogen-bond acceptors (Lipinski definition) is 8. The Morgan fingerprint density at radius 3 is 2.63 bits per heavy atom. The first-order valence-electron chi connectivity index (χ1n) is 7.91. The second-order valence-electron chi connectivity index (χ2n) is 5.53. The molecule has 1 aromatic heterocycles. The van der Waals surface area contributed by atoms with Crippen LogP contribution < -0.4 is 4.74 Å². The van der Waals surface area contributed by atoms with Crippen molar-refractivity contribution in [3.8, 4) is 17.2 Å². The normalized spacial score (nSPS) is 11.8. The Labute approximate surface area is 158 Å². The van der Waals surface area contributed by atoms with E-state index in [0.29, 0.717) is 16.9 Å². The molecular formula is C18H15N3O5S. The predicted octanol–water partition coefficient (Wildman–Crippen LogP) is 4.02. The first-order chi connectivity index (χ1) is 13.0. The summed E-state index contributed by atoms with van der Waals surface area (Å²) in [5, 5.41) is 18.5. The van der Waals surface area contributed by atoms with E-state index >= 15 is 0 Å². The van der Waals surface area contributed by atoms with E-state index in [0.717, 1.165) is 11.8 Å². The average Bonchev–Trinajstić information content (AvgIpc) is 3.16. The van der Waals surface area contributed by atoms with Crippen molar-refractivity contribution in [3.63, 3.8) is 0 Å². The Hall–Kier alpha value is -3.20. The molecular weight excluding hydrogens is 370 g/mol. The number of non-ortho nitro benzene ring substituents is 1. The Morgan fingerprint density at radius 2 is 1.96 bits per heavy atom. The van der Waals surface area contributed by atoms with E-state index in [4.69, 9.17) is 9.15 Å². The fourth-order valence-corrected chi connectivity index (χ4v) is 3.08. The molecule has 1 heterocycles. The Morgan fingerprint density at radius 1 is 1.22 bits per heavy atom. The van der Waals surface area contributed by atoms with Crippen molar-refractivity contribution in [2.24, 2.45) is 0 Å². The number of nitrogens with zero attached hydrogens (tertiary/aromatic N) is 3. The minimum absolute atomic E-state index is 0.0667. The summed E-state index contributed by atoms with van der Waals surface area (Å²) in [5.41, 5.74) is 0.926. The molecule has 0 saturated carbocycles. The number of carbonyl (C=O) groups is 1. The van der Waals surface area contributed by atoms with Crippen LogP contribution in [0.15, 0.2) is 58.2 Å². The van der Waals surface area contributed by atoms with Crippen LogP contribution in [0.25, 0.3) is 11.5 Å². The van der Waals surface area contributed by atoms with Gasteiger partial charge in [0.15, 0.2) is 5.78 Å². The minimum atomic E-state index is -0.495. The lowest BCUT2D eigenvalue weighted by atomic mass is 10.1. The lowest BCUT2D eigenvalue weighted by Crippen LogP contribution is -2.13. The lowest BCUT2D eigenvalue weighted by molar-refractivity contribution is -0.384. The van der Waals surface area contributed by atoms with E-state index in [1.807, 2.05) is 0 Å². The molecule has 0 unspecified atom stereocenters. The third-order valence-electron chi connectivity index (χ3n) is 3.73. The van der Waals surface area contributed by atoms with E-state index < -0.39 is 10.2 Å². The van der Waals surface area contributed by atoms with Crippen LogP contribution in [-0.4, -0.2) is 33.3 Å². The van der Waals surface area contributed by atoms with Gasteiger partial charge < -0.3 is 9.15 Å². The molecule has 0 aliphatic carbocycles. The quantitative estimate of drug-likeness (QED) is 0.260. The summed E-state index contributed by atoms with van der Waals surface area (Å²) < 4.78 is 10.6. The molecule has 0 spiro atoms. The standard InChI is InChI=1S/C18H15N3O5S/c1-11(16(22)12-6-8-15(25-2)9-7-12)27-18-20-19-17(26-18)13-4-3-5-14(10-13)21(23)24/h3-11H,1-2H3/t11-/m0/s1. The van der Waals surface area contributed by atoms with Gasteiger partial charge >= 0.3 is 0 Å². The molecule has 9 heteroatoms. The summed E-state index contributed by atoms with van der Waals surface area (Å²) in [6, 6.07) is 12.7. The number of carbonyl (C=O) groups excluding carboxylic acids is 1. The fourth-order valence-electron chi connectivity index (χ4n) is 2.32. The number of hydrogen-bond donors (Lipinski definition) is 0. The fraction of sp³-hybridized carbons (Fsp3) is 0.167. The van der Waals surface area contributed by atoms with Gasteiger partial charge in [-0.15, -0.1) is 10.2 Å². The third kappa shape index (κ3) is 4.32. The van der Waals surface area contributed by atoms with E-state index in [1.165, 1.54) is 12.1 Å². The van der Waals surface area contributed by atoms with Crippen molar-refractivity contribution in [3.05, 3.63) is 64.2 Å². The first-order valence-corrected chi connectivity index (χ1v) is 8.79. The average molecular weight is 385 g/mol. The molecule has 138 valence electrons. The highest BCUT2D eigenvalue weighted by Crippen LogP contribution is 2.29. The van der Waals surface area contributed by atoms with Gasteiger partial charge in [-0.25, -0.2) is 0 Å². The van der Waals surface area contributed by atoms with Crippen molar-refractivity contribution in [1.29, 1.82) is 0 Å². The van der Waals surface area contributed by atoms with Crippen LogP contribution in [0.4, 0.5) is 5.69 Å². The van der Waals surface area contributed by atoms with Gasteiger partial charge in [0.05, 0.1) is 17.3 Å². The monoisotopic (exact) mass is 385 g/mol. The second-order valence-corrected chi connectivity index (χ2v) is 6.83. The molecule has 0 saturated heterocycles. The first kappa shape index (κ1) is 18.6. The van der Waals surface area contributed by atoms with Gasteiger partial charge in [-0.1, -0.05) is 17.8 Å². The third-order valence-corrected chi connectivity index (χ3v) is 4.67. The van der Waals surface area contributed by atoms with Crippen LogP contribution in [0.3, 0.4) is 0 Å². The van der Waals surface area contributed by atoms with Crippen LogP contribution in [-0.2, 0) is 0 Å². The van der Waals surface area contributed by atoms with Gasteiger partial charge in [-0.05, 0) is 37.3 Å². The van der Waals surface area contributed by atoms with Crippen LogP contribution >= 0.6 is 11.8 Å². The number of nitro benzene ring substituents is 1. The van der Waals surface area contributed by atoms with E-state index in [2.05, 4.69) is 10.2 Å². The number of ketones is 1. The van der Waals surface area contributed by atoms with Gasteiger partial charge in [0.1, 0.15) is 5.75 Å². The maximum atomic E-state index is 12.5. The van der Waals surface area contributed by atoms with E-state index in [1.54, 1.807) is 50.4 Å². The van der Waals surface area contributed by atoms with Crippen molar-refractivity contribution in [2.75, 3.05) is 7.11 Å². The van der Waals surface area contributed by atoms with Crippen LogP contribution in [0.2, 0.25) is 0 Å². The minimum Gasteiger partial charge on any atom is -0.497 e. The zero-order valence-electron chi connectivity index (χ0n) is 14.5. The zero-order chi connectivity index (χ0) is 19.4. The van der Waals surface area contributed by atoms with E-state index in [9.17, 15) is 14.9 Å². The molecule has 0 bridgehead atoms. The number of benzene rings is 2. The maximum Gasteiger partial charge on any atom is 0.277 e. The largest absolute Gasteiger partial charge is 0.497 e. The summed E-state index contributed by atoms with van der Waals surface area (Å²) in [6.07, 6.45) is 0. The molecule has 0 amide bonds. The molecule has 8 nitrogen and oxygen atoms in total. The molecule has 0 N–H and O–H groups in total. The molecule has 0 radical (unpaired) electrons. The second kappa shape index (κ2) is 8.00. The van der Waals surface area contributed by atoms with Crippen molar-refractivity contribution in [2.45, 2.75) is 17.4 Å². The SMILES string of the molecule is COc1ccc(C(=O)[C@H](C)Sc2nnc(-c3cccc([N+](=O)[O-])c3)o2)cc1. The van der Waals surface area contributed by atoms with Gasteiger partial charge in [0.2, 0.25) is 5.89 Å². The van der Waals surface area contributed by atoms with Crippen molar-refractivity contribution in [1.82, 2.24) is 10.2 Å². The van der Waals surface area contributed by atoms with Crippen molar-refractivity contribution < 1.29 is 18.9 Å². The highest BCUT2D eigenvalue weighted by molar-refractivity contribution is 8.00. The molecule has 3 rings (SSSR count). The van der Waals surface area contributed by atoms with E-state index in [-0.39, 0.29) is 22.6 Å². The number of methoxy groups -OCH3 is 1. The summed E-state index contributed by atoms with van der Waals surface area (Å²) in [4.78, 5) is 22.9. The maximum absolute atomic E-state index is 12.5. The molecule has 27 heavy (non-hydrogen) atoms. The van der Waals surface area contributed by atoms with Crippen LogP contribution in [0.5, 0.6) is 5.75 Å². The number of rotatable bonds is 7. The Bertz CT molecular complexity index is 971. The predicted molar refractivity (Wildman–Crippen MR) is 99.0 cm³/mol. The summed E-state index contributed by atoms with van der Waals surface area (Å²) >= 11 is 1.13. The number of ether oxygens (including phenoxy) is 1. The molecule has 0 aliphatic rings. The summed E-state index contributed by atoms with van der Waals surface area (Å²) in [6.45, 7) is 1.74. The van der Waals surface area contributed by atoms with Crippen LogP contribution in [0.1, 0.15) is 17.3 Å². The summed E-state index contributed by atoms with van der Waals surface area (Å²) in [5.74, 6) is 0.744. The van der Waals surface area contributed by atoms with Gasteiger partial charge in [-0.2, -0.15) is 0 Å². The van der Waals surface area contributed by atoms with Gasteiger partial charge in [-0.3, -0.25) is 14.9 Å². The number of nitro groups is 1. The highest BCUT2D eigenvalue weighted by atomic mass is 32.2. The zero-order valence-corrected chi connectivity index (χ0v) is 15.3.